The fraction of sp³-hybridized carbons (Fsp3) is 0.625. The summed E-state index contributed by atoms with van der Waals surface area (Å²) in [6.07, 6.45) is 8.85. The van der Waals surface area contributed by atoms with Crippen LogP contribution in [0, 0.1) is 0 Å². The highest BCUT2D eigenvalue weighted by molar-refractivity contribution is 5.33. The fourth-order valence-electron chi connectivity index (χ4n) is 6.33. The van der Waals surface area contributed by atoms with Gasteiger partial charge in [-0.1, -0.05) is 62.8 Å². The molecule has 38 heavy (non-hydrogen) atoms. The molecule has 1 spiro atoms. The van der Waals surface area contributed by atoms with Crippen LogP contribution in [0.5, 0.6) is 11.5 Å². The van der Waals surface area contributed by atoms with Crippen LogP contribution in [0.2, 0.25) is 0 Å². The fourth-order valence-corrected chi connectivity index (χ4v) is 6.33. The molecule has 0 amide bonds. The van der Waals surface area contributed by atoms with E-state index in [0.29, 0.717) is 25.1 Å². The third-order valence-electron chi connectivity index (χ3n) is 8.46. The molecule has 0 aromatic heterocycles. The number of benzene rings is 2. The highest BCUT2D eigenvalue weighted by Gasteiger charge is 2.45. The number of ether oxygens (including phenoxy) is 3. The van der Waals surface area contributed by atoms with Gasteiger partial charge in [-0.05, 0) is 68.1 Å². The molecule has 1 heterocycles. The number of nitrogens with two attached hydrogens (primary N) is 1. The molecule has 0 radical (unpaired) electrons. The lowest BCUT2D eigenvalue weighted by Crippen LogP contribution is -2.52. The van der Waals surface area contributed by atoms with E-state index in [1.54, 1.807) is 48.5 Å². The molecule has 2 aromatic carbocycles. The lowest BCUT2D eigenvalue weighted by molar-refractivity contribution is -0.161. The molecule has 3 fully saturated rings. The van der Waals surface area contributed by atoms with Crippen molar-refractivity contribution >= 4 is 0 Å². The van der Waals surface area contributed by atoms with E-state index < -0.39 is 38.9 Å². The minimum Gasteiger partial charge on any atom is -0.497 e. The summed E-state index contributed by atoms with van der Waals surface area (Å²) in [7, 11) is -5.00. The molecule has 2 aromatic rings. The highest BCUT2D eigenvalue weighted by atomic mass is 16.5. The quantitative estimate of drug-likeness (QED) is 0.484. The van der Waals surface area contributed by atoms with Crippen molar-refractivity contribution in [1.82, 2.24) is 4.90 Å². The number of methoxy groups -OCH3 is 2. The zero-order valence-corrected chi connectivity index (χ0v) is 22.0. The Labute approximate surface area is 244 Å². The van der Waals surface area contributed by atoms with E-state index in [4.69, 9.17) is 35.0 Å². The van der Waals surface area contributed by atoms with E-state index in [1.165, 1.54) is 0 Å². The number of likely N-dealkylation sites (N-methyl/N-ethyl adjacent to an activating group) is 1. The maximum atomic E-state index is 10.8. The molecule has 1 saturated heterocycles. The third kappa shape index (κ3) is 6.71. The summed E-state index contributed by atoms with van der Waals surface area (Å²) >= 11 is 0. The average molecular weight is 536 g/mol. The smallest absolute Gasteiger partial charge is 0.118 e. The minimum absolute atomic E-state index is 0.0109. The Bertz CT molecular complexity index is 1340. The normalized spacial score (nSPS) is 30.3. The highest BCUT2D eigenvalue weighted by Crippen LogP contribution is 2.45. The molecule has 2 atom stereocenters. The lowest BCUT2D eigenvalue weighted by Gasteiger charge is -2.49. The first-order valence-electron chi connectivity index (χ1n) is 19.1. The molecule has 1 aliphatic heterocycles. The van der Waals surface area contributed by atoms with Crippen LogP contribution < -0.4 is 15.2 Å². The Morgan fingerprint density at radius 1 is 0.947 bits per heavy atom. The molecule has 2 saturated carbocycles. The van der Waals surface area contributed by atoms with Crippen molar-refractivity contribution in [1.29, 1.82) is 0 Å². The van der Waals surface area contributed by atoms with Crippen molar-refractivity contribution in [3.05, 3.63) is 59.7 Å². The second-order valence-corrected chi connectivity index (χ2v) is 10.8. The van der Waals surface area contributed by atoms with Crippen molar-refractivity contribution in [2.75, 3.05) is 40.8 Å². The number of hydrogen-bond donors (Lipinski definition) is 2. The maximum Gasteiger partial charge on any atom is 0.118 e. The molecule has 5 rings (SSSR count). The van der Waals surface area contributed by atoms with Crippen LogP contribution in [0.4, 0.5) is 0 Å². The van der Waals surface area contributed by atoms with Gasteiger partial charge in [0.2, 0.25) is 0 Å². The first kappa shape index (κ1) is 17.5. The topological polar surface area (TPSA) is 77.2 Å². The molecule has 6 nitrogen and oxygen atoms in total. The summed E-state index contributed by atoms with van der Waals surface area (Å²) in [5, 5.41) is 10.8. The van der Waals surface area contributed by atoms with Gasteiger partial charge in [0.15, 0.2) is 0 Å². The summed E-state index contributed by atoms with van der Waals surface area (Å²) in [5.41, 5.74) is 6.06. The molecule has 2 aliphatic carbocycles. The first-order chi connectivity index (χ1) is 22.7. The zero-order chi connectivity index (χ0) is 36.3. The number of hydrogen-bond acceptors (Lipinski definition) is 6. The van der Waals surface area contributed by atoms with Crippen molar-refractivity contribution in [2.45, 2.75) is 87.2 Å². The van der Waals surface area contributed by atoms with Gasteiger partial charge in [-0.2, -0.15) is 0 Å². The molecule has 0 bridgehead atoms. The van der Waals surface area contributed by atoms with E-state index in [9.17, 15) is 5.11 Å². The van der Waals surface area contributed by atoms with Gasteiger partial charge in [-0.25, -0.2) is 0 Å². The second kappa shape index (κ2) is 13.3. The third-order valence-corrected chi connectivity index (χ3v) is 8.46. The van der Waals surface area contributed by atoms with E-state index in [0.717, 1.165) is 67.4 Å². The lowest BCUT2D eigenvalue weighted by atomic mass is 9.71. The van der Waals surface area contributed by atoms with Gasteiger partial charge in [0, 0.05) is 29.0 Å². The molecule has 2 unspecified atom stereocenters. The van der Waals surface area contributed by atoms with Gasteiger partial charge >= 0.3 is 0 Å². The number of aliphatic hydroxyl groups is 1. The molecule has 210 valence electrons. The van der Waals surface area contributed by atoms with Crippen molar-refractivity contribution in [3.8, 4) is 11.5 Å². The van der Waals surface area contributed by atoms with Gasteiger partial charge < -0.3 is 25.1 Å². The minimum atomic E-state index is -2.64. The van der Waals surface area contributed by atoms with Crippen LogP contribution in [-0.2, 0) is 4.74 Å². The standard InChI is InChI=1S/C17H25NO2.C15H23NO2/c1-18-12-16(14-6-8-15(19-2)9-7-14)17(20-13-18)10-4-3-5-11-17;1-18-13-7-5-12(6-8-13)14(11-16)15(17)9-3-2-4-10-15/h6-9,16H,3-5,10-13H2,1-2H3;5-8,14,17H,2-4,9-11,16H2,1H3/i1D3,2D3,13D2;1D3. The van der Waals surface area contributed by atoms with E-state index in [2.05, 4.69) is 0 Å². The predicted octanol–water partition coefficient (Wildman–Crippen LogP) is 5.83. The average Bonchev–Trinajstić information content (AvgIpc) is 2.97. The molecule has 6 heteroatoms. The Hall–Kier alpha value is -2.12. The largest absolute Gasteiger partial charge is 0.497 e. The Morgan fingerprint density at radius 3 is 2.08 bits per heavy atom. The van der Waals surface area contributed by atoms with Crippen LogP contribution in [0.1, 0.15) is 102 Å². The SMILES string of the molecule is [2H]C([2H])([2H])Oc1ccc(C(CN)C2(O)CCCCC2)cc1.[2H]C([2H])([2H])Oc1ccc(C2CN(C([2H])([2H])[2H])C([2H])([2H])OC23CCCCC3)cc1. The summed E-state index contributed by atoms with van der Waals surface area (Å²) in [6, 6.07) is 13.3. The van der Waals surface area contributed by atoms with Crippen LogP contribution in [0.15, 0.2) is 48.5 Å². The zero-order valence-electron chi connectivity index (χ0n) is 33.0. The number of rotatable bonds is 6. The van der Waals surface area contributed by atoms with E-state index >= 15 is 0 Å². The van der Waals surface area contributed by atoms with Crippen LogP contribution >= 0.6 is 0 Å². The summed E-state index contributed by atoms with van der Waals surface area (Å²) < 4.78 is 98.1. The van der Waals surface area contributed by atoms with Gasteiger partial charge in [0.25, 0.3) is 0 Å². The first-order valence-corrected chi connectivity index (χ1v) is 13.6. The molecule has 3 N–H and O–H groups in total. The van der Waals surface area contributed by atoms with Crippen molar-refractivity contribution < 1.29 is 34.4 Å². The predicted molar refractivity (Wildman–Crippen MR) is 153 cm³/mol. The number of nitrogens with zero attached hydrogens (tertiary/aromatic N) is 1. The monoisotopic (exact) mass is 535 g/mol. The summed E-state index contributed by atoms with van der Waals surface area (Å²) in [4.78, 5) is 0.789. The van der Waals surface area contributed by atoms with Gasteiger partial charge in [0.05, 0.1) is 42.9 Å². The molecule has 3 aliphatic rings. The van der Waals surface area contributed by atoms with Crippen molar-refractivity contribution in [3.63, 3.8) is 0 Å². The van der Waals surface area contributed by atoms with Crippen LogP contribution in [0.25, 0.3) is 0 Å². The van der Waals surface area contributed by atoms with Gasteiger partial charge in [-0.15, -0.1) is 0 Å². The summed E-state index contributed by atoms with van der Waals surface area (Å²) in [6.45, 7) is -4.66. The van der Waals surface area contributed by atoms with Gasteiger partial charge in [0.1, 0.15) is 11.5 Å². The Morgan fingerprint density at radius 2 is 1.53 bits per heavy atom. The van der Waals surface area contributed by atoms with Crippen LogP contribution in [0.3, 0.4) is 0 Å². The van der Waals surface area contributed by atoms with Gasteiger partial charge in [-0.3, -0.25) is 4.90 Å². The Balaban J connectivity index is 0.000000230. The van der Waals surface area contributed by atoms with Crippen molar-refractivity contribution in [2.24, 2.45) is 5.73 Å². The maximum absolute atomic E-state index is 10.8. The molecular weight excluding hydrogens is 476 g/mol. The molecular formula is C32H48N2O4. The summed E-state index contributed by atoms with van der Waals surface area (Å²) in [5.74, 6) is 0.0183. The second-order valence-electron chi connectivity index (χ2n) is 10.8. The van der Waals surface area contributed by atoms with E-state index in [1.807, 2.05) is 0 Å². The van der Waals surface area contributed by atoms with E-state index in [-0.39, 0.29) is 24.1 Å². The Kier molecular flexibility index (Phi) is 6.14. The van der Waals surface area contributed by atoms with Crippen LogP contribution in [-0.4, -0.2) is 62.0 Å².